The molecule has 2 aromatic heterocycles. The number of halogens is 1. The molecule has 0 aliphatic carbocycles. The fourth-order valence-corrected chi connectivity index (χ4v) is 2.49. The number of nitrogens with zero attached hydrogens (tertiary/aromatic N) is 4. The van der Waals surface area contributed by atoms with Crippen LogP contribution in [0.5, 0.6) is 0 Å². The van der Waals surface area contributed by atoms with Gasteiger partial charge in [-0.05, 0) is 17.7 Å². The highest BCUT2D eigenvalue weighted by Crippen LogP contribution is 2.08. The molecule has 1 aromatic carbocycles. The summed E-state index contributed by atoms with van der Waals surface area (Å²) in [7, 11) is 2.84. The summed E-state index contributed by atoms with van der Waals surface area (Å²) in [5.74, 6) is -1.03. The van der Waals surface area contributed by atoms with Gasteiger partial charge in [-0.25, -0.2) is 14.2 Å². The van der Waals surface area contributed by atoms with Gasteiger partial charge in [-0.15, -0.1) is 0 Å². The Kier molecular flexibility index (Phi) is 4.22. The number of carbonyl (C=O) groups is 1. The second-order valence-corrected chi connectivity index (χ2v) is 5.54. The van der Waals surface area contributed by atoms with Gasteiger partial charge in [-0.3, -0.25) is 18.7 Å². The van der Waals surface area contributed by atoms with Gasteiger partial charge >= 0.3 is 11.7 Å². The van der Waals surface area contributed by atoms with Gasteiger partial charge in [0.25, 0.3) is 5.56 Å². The van der Waals surface area contributed by atoms with E-state index in [1.54, 1.807) is 6.07 Å². The molecule has 9 heteroatoms. The molecule has 0 N–H and O–H groups in total. The summed E-state index contributed by atoms with van der Waals surface area (Å²) in [6.07, 6.45) is 1.30. The number of carbonyl (C=O) groups excluding carboxylic acids is 1. The molecule has 0 atom stereocenters. The maximum Gasteiger partial charge on any atom is 0.332 e. The number of hydrogen-bond donors (Lipinski definition) is 0. The molecule has 0 aliphatic heterocycles. The van der Waals surface area contributed by atoms with Crippen LogP contribution >= 0.6 is 0 Å². The van der Waals surface area contributed by atoms with Crippen molar-refractivity contribution in [2.45, 2.75) is 13.2 Å². The molecule has 0 spiro atoms. The zero-order valence-corrected chi connectivity index (χ0v) is 13.6. The lowest BCUT2D eigenvalue weighted by Crippen LogP contribution is -2.37. The summed E-state index contributed by atoms with van der Waals surface area (Å²) in [5.41, 5.74) is -0.217. The van der Waals surface area contributed by atoms with Gasteiger partial charge in [0.2, 0.25) is 0 Å². The molecule has 0 aliphatic rings. The first kappa shape index (κ1) is 16.6. The van der Waals surface area contributed by atoms with Gasteiger partial charge in [-0.2, -0.15) is 0 Å². The lowest BCUT2D eigenvalue weighted by atomic mass is 10.2. The predicted octanol–water partition coefficient (Wildman–Crippen LogP) is 0.316. The molecule has 3 aromatic rings. The van der Waals surface area contributed by atoms with Crippen molar-refractivity contribution in [1.82, 2.24) is 18.7 Å². The first-order valence-corrected chi connectivity index (χ1v) is 7.39. The minimum Gasteiger partial charge on any atom is -0.459 e. The standard InChI is InChI=1S/C16H15FN4O4/c1-19-14-13(15(23)20(2)16(19)24)21(9-18-14)7-12(22)25-8-10-4-3-5-11(17)6-10/h3-6,9H,7-8H2,1-2H3. The van der Waals surface area contributed by atoms with Crippen LogP contribution in [0.2, 0.25) is 0 Å². The van der Waals surface area contributed by atoms with E-state index in [-0.39, 0.29) is 24.3 Å². The minimum atomic E-state index is -0.612. The summed E-state index contributed by atoms with van der Waals surface area (Å²) in [6.45, 7) is -0.334. The Labute approximate surface area is 140 Å². The van der Waals surface area contributed by atoms with Gasteiger partial charge < -0.3 is 9.30 Å². The molecular formula is C16H15FN4O4. The molecule has 0 unspecified atom stereocenters. The smallest absolute Gasteiger partial charge is 0.332 e. The first-order valence-electron chi connectivity index (χ1n) is 7.39. The third kappa shape index (κ3) is 3.08. The lowest BCUT2D eigenvalue weighted by molar-refractivity contribution is -0.145. The van der Waals surface area contributed by atoms with Crippen molar-refractivity contribution < 1.29 is 13.9 Å². The van der Waals surface area contributed by atoms with E-state index in [0.717, 1.165) is 4.57 Å². The SMILES string of the molecule is Cn1c(=O)c2c(ncn2CC(=O)OCc2cccc(F)c2)n(C)c1=O. The molecule has 0 saturated heterocycles. The van der Waals surface area contributed by atoms with E-state index < -0.39 is 23.0 Å². The molecule has 0 saturated carbocycles. The predicted molar refractivity (Wildman–Crippen MR) is 86.4 cm³/mol. The molecule has 130 valence electrons. The Balaban J connectivity index is 1.82. The van der Waals surface area contributed by atoms with E-state index in [4.69, 9.17) is 4.74 Å². The van der Waals surface area contributed by atoms with E-state index in [2.05, 4.69) is 4.98 Å². The van der Waals surface area contributed by atoms with Gasteiger partial charge in [0.05, 0.1) is 6.33 Å². The van der Waals surface area contributed by atoms with Crippen molar-refractivity contribution in [2.75, 3.05) is 0 Å². The second kappa shape index (κ2) is 6.34. The minimum absolute atomic E-state index is 0.0836. The van der Waals surface area contributed by atoms with Crippen LogP contribution in [0.25, 0.3) is 11.2 Å². The number of imidazole rings is 1. The number of rotatable bonds is 4. The van der Waals surface area contributed by atoms with Crippen molar-refractivity contribution in [3.05, 3.63) is 62.8 Å². The summed E-state index contributed by atoms with van der Waals surface area (Å²) < 4.78 is 21.7. The summed E-state index contributed by atoms with van der Waals surface area (Å²) in [6, 6.07) is 5.72. The van der Waals surface area contributed by atoms with E-state index in [9.17, 15) is 18.8 Å². The largest absolute Gasteiger partial charge is 0.459 e. The van der Waals surface area contributed by atoms with Crippen LogP contribution in [0.4, 0.5) is 4.39 Å². The van der Waals surface area contributed by atoms with Crippen LogP contribution in [0.1, 0.15) is 5.56 Å². The molecular weight excluding hydrogens is 331 g/mol. The van der Waals surface area contributed by atoms with Crippen LogP contribution in [0, 0.1) is 5.82 Å². The monoisotopic (exact) mass is 346 g/mol. The Morgan fingerprint density at radius 2 is 2.00 bits per heavy atom. The number of benzene rings is 1. The topological polar surface area (TPSA) is 88.1 Å². The molecule has 25 heavy (non-hydrogen) atoms. The van der Waals surface area contributed by atoms with Crippen LogP contribution < -0.4 is 11.2 Å². The molecule has 8 nitrogen and oxygen atoms in total. The molecule has 3 rings (SSSR count). The van der Waals surface area contributed by atoms with Crippen LogP contribution in [0.3, 0.4) is 0 Å². The van der Waals surface area contributed by atoms with E-state index in [0.29, 0.717) is 5.56 Å². The Hall–Kier alpha value is -3.23. The number of ether oxygens (including phenoxy) is 1. The third-order valence-corrected chi connectivity index (χ3v) is 3.81. The van der Waals surface area contributed by atoms with Crippen molar-refractivity contribution in [3.8, 4) is 0 Å². The fourth-order valence-electron chi connectivity index (χ4n) is 2.49. The normalized spacial score (nSPS) is 11.0. The first-order chi connectivity index (χ1) is 11.9. The highest BCUT2D eigenvalue weighted by Gasteiger charge is 2.16. The molecule has 0 fully saturated rings. The third-order valence-electron chi connectivity index (χ3n) is 3.81. The number of esters is 1. The molecule has 0 amide bonds. The molecule has 2 heterocycles. The van der Waals surface area contributed by atoms with Crippen molar-refractivity contribution >= 4 is 17.1 Å². The Bertz CT molecular complexity index is 1080. The van der Waals surface area contributed by atoms with Gasteiger partial charge in [0, 0.05) is 14.1 Å². The van der Waals surface area contributed by atoms with Crippen molar-refractivity contribution in [3.63, 3.8) is 0 Å². The van der Waals surface area contributed by atoms with Crippen LogP contribution in [-0.4, -0.2) is 24.7 Å². The van der Waals surface area contributed by atoms with Crippen molar-refractivity contribution in [2.24, 2.45) is 14.1 Å². The number of fused-ring (bicyclic) bond motifs is 1. The Morgan fingerprint density at radius 1 is 1.24 bits per heavy atom. The summed E-state index contributed by atoms with van der Waals surface area (Å²) in [4.78, 5) is 40.2. The highest BCUT2D eigenvalue weighted by molar-refractivity contribution is 5.75. The molecule has 0 bridgehead atoms. The lowest BCUT2D eigenvalue weighted by Gasteiger charge is -2.07. The van der Waals surface area contributed by atoms with Gasteiger partial charge in [0.15, 0.2) is 11.2 Å². The summed E-state index contributed by atoms with van der Waals surface area (Å²) >= 11 is 0. The average Bonchev–Trinajstić information content (AvgIpc) is 3.00. The number of hydrogen-bond acceptors (Lipinski definition) is 5. The summed E-state index contributed by atoms with van der Waals surface area (Å²) in [5, 5.41) is 0. The number of aryl methyl sites for hydroxylation is 1. The zero-order valence-electron chi connectivity index (χ0n) is 13.6. The van der Waals surface area contributed by atoms with Crippen molar-refractivity contribution in [1.29, 1.82) is 0 Å². The number of aromatic nitrogens is 4. The van der Waals surface area contributed by atoms with Crippen LogP contribution in [-0.2, 0) is 36.8 Å². The zero-order chi connectivity index (χ0) is 18.1. The van der Waals surface area contributed by atoms with E-state index >= 15 is 0 Å². The van der Waals surface area contributed by atoms with E-state index in [1.807, 2.05) is 0 Å². The van der Waals surface area contributed by atoms with Crippen LogP contribution in [0.15, 0.2) is 40.2 Å². The Morgan fingerprint density at radius 3 is 2.72 bits per heavy atom. The quantitative estimate of drug-likeness (QED) is 0.635. The van der Waals surface area contributed by atoms with Gasteiger partial charge in [-0.1, -0.05) is 12.1 Å². The second-order valence-electron chi connectivity index (χ2n) is 5.54. The maximum atomic E-state index is 13.1. The molecule has 0 radical (unpaired) electrons. The maximum absolute atomic E-state index is 13.1. The highest BCUT2D eigenvalue weighted by atomic mass is 19.1. The van der Waals surface area contributed by atoms with E-state index in [1.165, 1.54) is 47.8 Å². The van der Waals surface area contributed by atoms with Gasteiger partial charge in [0.1, 0.15) is 19.0 Å². The average molecular weight is 346 g/mol. The fraction of sp³-hybridized carbons (Fsp3) is 0.250.